The van der Waals surface area contributed by atoms with Gasteiger partial charge in [-0.25, -0.2) is 4.68 Å². The van der Waals surface area contributed by atoms with Crippen LogP contribution in [0.25, 0.3) is 16.9 Å². The molecule has 3 aromatic rings. The Balaban J connectivity index is 1.53. The van der Waals surface area contributed by atoms with Crippen molar-refractivity contribution < 1.29 is 19.0 Å². The monoisotopic (exact) mass is 447 g/mol. The average Bonchev–Trinajstić information content (AvgIpc) is 3.48. The number of carbonyl (C=O) groups excluding carboxylic acids is 1. The number of ether oxygens (including phenoxy) is 3. The second-order valence-electron chi connectivity index (χ2n) is 8.75. The molecule has 2 aromatic carbocycles. The number of likely N-dealkylation sites (tertiary alicyclic amines) is 1. The van der Waals surface area contributed by atoms with Crippen LogP contribution < -0.4 is 4.74 Å². The lowest BCUT2D eigenvalue weighted by molar-refractivity contribution is -0.181. The quantitative estimate of drug-likeness (QED) is 0.601. The lowest BCUT2D eigenvalue weighted by atomic mass is 10.0. The molecule has 2 fully saturated rings. The molecule has 2 aliphatic heterocycles. The summed E-state index contributed by atoms with van der Waals surface area (Å²) < 4.78 is 18.8. The Bertz CT molecular complexity index is 1170. The highest BCUT2D eigenvalue weighted by atomic mass is 16.7. The third-order valence-corrected chi connectivity index (χ3v) is 6.51. The first-order chi connectivity index (χ1) is 16.0. The summed E-state index contributed by atoms with van der Waals surface area (Å²) in [6.45, 7) is 6.50. The van der Waals surface area contributed by atoms with Crippen molar-refractivity contribution in [2.75, 3.05) is 33.4 Å². The number of piperidine rings is 1. The summed E-state index contributed by atoms with van der Waals surface area (Å²) in [5.41, 5.74) is 5.25. The number of aromatic nitrogens is 2. The third kappa shape index (κ3) is 4.14. The summed E-state index contributed by atoms with van der Waals surface area (Å²) >= 11 is 0. The number of rotatable bonds is 4. The largest absolute Gasteiger partial charge is 0.497 e. The number of hydrogen-bond donors (Lipinski definition) is 0. The third-order valence-electron chi connectivity index (χ3n) is 6.51. The van der Waals surface area contributed by atoms with E-state index in [2.05, 4.69) is 18.2 Å². The molecule has 5 rings (SSSR count). The highest BCUT2D eigenvalue weighted by Gasteiger charge is 2.41. The molecule has 1 aromatic heterocycles. The van der Waals surface area contributed by atoms with Crippen LogP contribution in [0.1, 0.15) is 34.5 Å². The van der Waals surface area contributed by atoms with Crippen LogP contribution in [-0.4, -0.2) is 59.8 Å². The van der Waals surface area contributed by atoms with Crippen molar-refractivity contribution in [3.8, 4) is 22.7 Å². The van der Waals surface area contributed by atoms with Gasteiger partial charge in [-0.15, -0.1) is 0 Å². The van der Waals surface area contributed by atoms with E-state index >= 15 is 0 Å². The molecule has 2 aliphatic rings. The van der Waals surface area contributed by atoms with Crippen molar-refractivity contribution in [2.24, 2.45) is 0 Å². The van der Waals surface area contributed by atoms with E-state index in [1.807, 2.05) is 49.1 Å². The van der Waals surface area contributed by atoms with Crippen molar-refractivity contribution in [1.82, 2.24) is 14.7 Å². The lowest BCUT2D eigenvalue weighted by Gasteiger charge is -2.37. The first kappa shape index (κ1) is 21.7. The van der Waals surface area contributed by atoms with Gasteiger partial charge in [0.25, 0.3) is 5.91 Å². The molecule has 1 spiro atoms. The van der Waals surface area contributed by atoms with Crippen molar-refractivity contribution in [3.63, 3.8) is 0 Å². The Labute approximate surface area is 193 Å². The van der Waals surface area contributed by atoms with Crippen LogP contribution in [0.15, 0.2) is 48.5 Å². The smallest absolute Gasteiger partial charge is 0.272 e. The van der Waals surface area contributed by atoms with E-state index in [0.29, 0.717) is 44.8 Å². The molecule has 0 bridgehead atoms. The predicted octanol–water partition coefficient (Wildman–Crippen LogP) is 4.14. The number of aryl methyl sites for hydroxylation is 2. The topological polar surface area (TPSA) is 65.8 Å². The van der Waals surface area contributed by atoms with Gasteiger partial charge in [-0.2, -0.15) is 5.10 Å². The molecule has 0 N–H and O–H groups in total. The minimum Gasteiger partial charge on any atom is -0.497 e. The summed E-state index contributed by atoms with van der Waals surface area (Å²) in [6.07, 6.45) is 1.36. The molecule has 172 valence electrons. The van der Waals surface area contributed by atoms with Crippen molar-refractivity contribution in [3.05, 3.63) is 65.4 Å². The number of hydrogen-bond acceptors (Lipinski definition) is 5. The molecule has 0 unspecified atom stereocenters. The Kier molecular flexibility index (Phi) is 5.68. The van der Waals surface area contributed by atoms with Crippen LogP contribution in [0.3, 0.4) is 0 Å². The predicted molar refractivity (Wildman–Crippen MR) is 125 cm³/mol. The van der Waals surface area contributed by atoms with E-state index < -0.39 is 5.79 Å². The summed E-state index contributed by atoms with van der Waals surface area (Å²) in [5.74, 6) is 0.195. The second kappa shape index (κ2) is 8.65. The molecule has 2 saturated heterocycles. The SMILES string of the molecule is COc1cccc(-c2cc(C(=O)N3CCC4(CC3)OCCO4)n(-c3cc(C)ccc3C)n2)c1. The second-order valence-corrected chi connectivity index (χ2v) is 8.75. The van der Waals surface area contributed by atoms with Gasteiger partial charge in [0, 0.05) is 31.5 Å². The zero-order valence-corrected chi connectivity index (χ0v) is 19.3. The van der Waals surface area contributed by atoms with E-state index in [4.69, 9.17) is 19.3 Å². The Morgan fingerprint density at radius 3 is 2.52 bits per heavy atom. The molecular formula is C26H29N3O4. The first-order valence-electron chi connectivity index (χ1n) is 11.4. The van der Waals surface area contributed by atoms with Crippen molar-refractivity contribution >= 4 is 5.91 Å². The van der Waals surface area contributed by atoms with E-state index in [1.54, 1.807) is 11.8 Å². The van der Waals surface area contributed by atoms with E-state index in [0.717, 1.165) is 33.8 Å². The first-order valence-corrected chi connectivity index (χ1v) is 11.4. The van der Waals surface area contributed by atoms with Crippen LogP contribution in [0.5, 0.6) is 5.75 Å². The molecule has 0 aliphatic carbocycles. The van der Waals surface area contributed by atoms with Crippen molar-refractivity contribution in [2.45, 2.75) is 32.5 Å². The number of carbonyl (C=O) groups is 1. The summed E-state index contributed by atoms with van der Waals surface area (Å²) in [6, 6.07) is 15.8. The molecule has 7 nitrogen and oxygen atoms in total. The normalized spacial score (nSPS) is 17.5. The highest BCUT2D eigenvalue weighted by Crippen LogP contribution is 2.33. The molecule has 0 saturated carbocycles. The van der Waals surface area contributed by atoms with E-state index in [9.17, 15) is 4.79 Å². The molecule has 1 amide bonds. The maximum atomic E-state index is 13.7. The van der Waals surface area contributed by atoms with Gasteiger partial charge in [0.2, 0.25) is 0 Å². The van der Waals surface area contributed by atoms with Gasteiger partial charge in [-0.05, 0) is 49.2 Å². The van der Waals surface area contributed by atoms with Gasteiger partial charge in [-0.3, -0.25) is 4.79 Å². The summed E-state index contributed by atoms with van der Waals surface area (Å²) in [5, 5.41) is 4.88. The van der Waals surface area contributed by atoms with Gasteiger partial charge < -0.3 is 19.1 Å². The average molecular weight is 448 g/mol. The maximum absolute atomic E-state index is 13.7. The Hall–Kier alpha value is -3.16. The van der Waals surface area contributed by atoms with Crippen LogP contribution in [0.4, 0.5) is 0 Å². The van der Waals surface area contributed by atoms with Crippen molar-refractivity contribution in [1.29, 1.82) is 0 Å². The Morgan fingerprint density at radius 2 is 1.79 bits per heavy atom. The molecule has 0 radical (unpaired) electrons. The zero-order chi connectivity index (χ0) is 23.0. The minimum absolute atomic E-state index is 0.0367. The molecular weight excluding hydrogens is 418 g/mol. The van der Waals surface area contributed by atoms with E-state index in [1.165, 1.54) is 0 Å². The van der Waals surface area contributed by atoms with Gasteiger partial charge in [0.05, 0.1) is 31.7 Å². The molecule has 7 heteroatoms. The fourth-order valence-corrected chi connectivity index (χ4v) is 4.59. The summed E-state index contributed by atoms with van der Waals surface area (Å²) in [7, 11) is 1.64. The number of benzene rings is 2. The lowest BCUT2D eigenvalue weighted by Crippen LogP contribution is -2.47. The van der Waals surface area contributed by atoms with Crippen LogP contribution >= 0.6 is 0 Å². The molecule has 0 atom stereocenters. The molecule has 3 heterocycles. The Morgan fingerprint density at radius 1 is 1.03 bits per heavy atom. The number of methoxy groups -OCH3 is 1. The number of nitrogens with zero attached hydrogens (tertiary/aromatic N) is 3. The fraction of sp³-hybridized carbons (Fsp3) is 0.385. The maximum Gasteiger partial charge on any atom is 0.272 e. The number of amides is 1. The van der Waals surface area contributed by atoms with Crippen LogP contribution in [-0.2, 0) is 9.47 Å². The van der Waals surface area contributed by atoms with Gasteiger partial charge >= 0.3 is 0 Å². The van der Waals surface area contributed by atoms with Gasteiger partial charge in [0.1, 0.15) is 11.4 Å². The fourth-order valence-electron chi connectivity index (χ4n) is 4.59. The van der Waals surface area contributed by atoms with E-state index in [-0.39, 0.29) is 5.91 Å². The zero-order valence-electron chi connectivity index (χ0n) is 19.3. The van der Waals surface area contributed by atoms with Gasteiger partial charge in [-0.1, -0.05) is 24.3 Å². The van der Waals surface area contributed by atoms with Crippen LogP contribution in [0, 0.1) is 13.8 Å². The standard InChI is InChI=1S/C26H29N3O4/c1-18-7-8-19(2)23(15-18)29-24(17-22(27-29)20-5-4-6-21(16-20)31-3)25(30)28-11-9-26(10-12-28)32-13-14-33-26/h4-8,15-17H,9-14H2,1-3H3. The highest BCUT2D eigenvalue weighted by molar-refractivity contribution is 5.94. The summed E-state index contributed by atoms with van der Waals surface area (Å²) in [4.78, 5) is 15.6. The van der Waals surface area contributed by atoms with Gasteiger partial charge in [0.15, 0.2) is 5.79 Å². The van der Waals surface area contributed by atoms with Crippen LogP contribution in [0.2, 0.25) is 0 Å². The molecule has 33 heavy (non-hydrogen) atoms. The minimum atomic E-state index is -0.518.